The van der Waals surface area contributed by atoms with Crippen LogP contribution in [0, 0.1) is 11.6 Å². The lowest BCUT2D eigenvalue weighted by molar-refractivity contribution is 0.0830. The summed E-state index contributed by atoms with van der Waals surface area (Å²) >= 11 is 6.29. The minimum atomic E-state index is -1.11. The predicted molar refractivity (Wildman–Crippen MR) is 141 cm³/mol. The molecule has 10 heteroatoms. The maximum absolute atomic E-state index is 13.8. The molecule has 1 heterocycles. The highest BCUT2D eigenvalue weighted by molar-refractivity contribution is 6.34. The normalized spacial score (nSPS) is 13.0. The topological polar surface area (TPSA) is 96.5 Å². The highest BCUT2D eigenvalue weighted by Crippen LogP contribution is 2.24. The van der Waals surface area contributed by atoms with Gasteiger partial charge in [-0.3, -0.25) is 9.36 Å². The molecule has 4 rings (SSSR count). The number of rotatable bonds is 10. The van der Waals surface area contributed by atoms with Crippen molar-refractivity contribution in [2.24, 2.45) is 7.05 Å². The lowest BCUT2D eigenvalue weighted by Gasteiger charge is -2.25. The van der Waals surface area contributed by atoms with Crippen molar-refractivity contribution in [2.75, 3.05) is 6.54 Å². The molecule has 0 bridgehead atoms. The molecule has 7 nitrogen and oxygen atoms in total. The number of halogens is 3. The lowest BCUT2D eigenvalue weighted by Crippen LogP contribution is -2.48. The van der Waals surface area contributed by atoms with E-state index in [1.54, 1.807) is 0 Å². The first-order chi connectivity index (χ1) is 18.1. The highest BCUT2D eigenvalue weighted by atomic mass is 35.5. The number of fused-ring (bicyclic) bond motifs is 1. The average molecular weight is 544 g/mol. The van der Waals surface area contributed by atoms with Gasteiger partial charge in [0.15, 0.2) is 5.58 Å². The standard InChI is InChI=1S/C28H28ClF2N3O4/c1-3-16-5-4-6-17(7-16)14-32-15-25(35)23(10-18-8-19(30)11-20(31)9-18)33-27(36)21-12-24-26(13-22(21)29)38-28(37)34(24)2/h4-9,11-13,23,25,32,35H,3,10,14-15H2,1-2H3,(H,33,36). The fourth-order valence-corrected chi connectivity index (χ4v) is 4.54. The molecule has 2 unspecified atom stereocenters. The van der Waals surface area contributed by atoms with Gasteiger partial charge in [-0.1, -0.05) is 42.8 Å². The molecule has 1 amide bonds. The summed E-state index contributed by atoms with van der Waals surface area (Å²) in [5, 5.41) is 17.0. The Morgan fingerprint density at radius 2 is 1.79 bits per heavy atom. The number of carbonyl (C=O) groups is 1. The quantitative estimate of drug-likeness (QED) is 0.280. The van der Waals surface area contributed by atoms with Crippen LogP contribution < -0.4 is 16.4 Å². The second-order valence-electron chi connectivity index (χ2n) is 9.16. The summed E-state index contributed by atoms with van der Waals surface area (Å²) in [6.45, 7) is 2.65. The Kier molecular flexibility index (Phi) is 8.61. The Labute approximate surface area is 223 Å². The van der Waals surface area contributed by atoms with Gasteiger partial charge in [0.05, 0.1) is 28.2 Å². The van der Waals surface area contributed by atoms with E-state index in [4.69, 9.17) is 16.0 Å². The predicted octanol–water partition coefficient (Wildman–Crippen LogP) is 4.12. The van der Waals surface area contributed by atoms with Gasteiger partial charge in [0.25, 0.3) is 5.91 Å². The summed E-state index contributed by atoms with van der Waals surface area (Å²) < 4.78 is 34.0. The first kappa shape index (κ1) is 27.5. The number of aliphatic hydroxyl groups is 1. The molecule has 38 heavy (non-hydrogen) atoms. The monoisotopic (exact) mass is 543 g/mol. The van der Waals surface area contributed by atoms with Gasteiger partial charge in [0.1, 0.15) is 11.6 Å². The number of carbonyl (C=O) groups excluding carboxylic acids is 1. The summed E-state index contributed by atoms with van der Waals surface area (Å²) in [6, 6.07) is 13.0. The maximum Gasteiger partial charge on any atom is 0.419 e. The van der Waals surface area contributed by atoms with Crippen LogP contribution in [0.15, 0.2) is 63.8 Å². The van der Waals surface area contributed by atoms with E-state index in [-0.39, 0.29) is 34.7 Å². The van der Waals surface area contributed by atoms with Crippen LogP contribution in [0.5, 0.6) is 0 Å². The van der Waals surface area contributed by atoms with Gasteiger partial charge in [-0.15, -0.1) is 0 Å². The Hall–Kier alpha value is -3.53. The summed E-state index contributed by atoms with van der Waals surface area (Å²) in [5.74, 6) is -2.75. The van der Waals surface area contributed by atoms with Gasteiger partial charge >= 0.3 is 5.76 Å². The minimum Gasteiger partial charge on any atom is -0.408 e. The molecular weight excluding hydrogens is 516 g/mol. The molecule has 0 aliphatic carbocycles. The number of aromatic nitrogens is 1. The molecule has 0 saturated heterocycles. The summed E-state index contributed by atoms with van der Waals surface area (Å²) in [6.07, 6.45) is -0.255. The largest absolute Gasteiger partial charge is 0.419 e. The Balaban J connectivity index is 1.54. The van der Waals surface area contributed by atoms with E-state index in [1.165, 1.54) is 29.3 Å². The average Bonchev–Trinajstić information content (AvgIpc) is 3.14. The van der Waals surface area contributed by atoms with Gasteiger partial charge in [0, 0.05) is 32.3 Å². The van der Waals surface area contributed by atoms with Crippen LogP contribution in [0.2, 0.25) is 5.02 Å². The Morgan fingerprint density at radius 3 is 2.50 bits per heavy atom. The summed E-state index contributed by atoms with van der Waals surface area (Å²) in [5.41, 5.74) is 3.14. The van der Waals surface area contributed by atoms with Gasteiger partial charge < -0.3 is 20.2 Å². The second-order valence-corrected chi connectivity index (χ2v) is 9.57. The third-order valence-corrected chi connectivity index (χ3v) is 6.68. The molecule has 2 atom stereocenters. The number of oxazole rings is 1. The van der Waals surface area contributed by atoms with Crippen molar-refractivity contribution < 1.29 is 23.1 Å². The van der Waals surface area contributed by atoms with E-state index in [0.29, 0.717) is 12.1 Å². The number of nitrogens with zero attached hydrogens (tertiary/aromatic N) is 1. The number of aryl methyl sites for hydroxylation is 2. The van der Waals surface area contributed by atoms with Crippen molar-refractivity contribution >= 4 is 28.6 Å². The fourth-order valence-electron chi connectivity index (χ4n) is 4.30. The molecule has 0 aliphatic rings. The van der Waals surface area contributed by atoms with Crippen LogP contribution in [0.25, 0.3) is 11.1 Å². The molecule has 3 N–H and O–H groups in total. The van der Waals surface area contributed by atoms with Crippen molar-refractivity contribution in [3.05, 3.63) is 104 Å². The molecule has 200 valence electrons. The van der Waals surface area contributed by atoms with Gasteiger partial charge in [-0.25, -0.2) is 13.6 Å². The molecule has 0 saturated carbocycles. The van der Waals surface area contributed by atoms with Crippen LogP contribution in [-0.4, -0.2) is 34.3 Å². The van der Waals surface area contributed by atoms with E-state index in [0.717, 1.165) is 30.2 Å². The number of aliphatic hydroxyl groups excluding tert-OH is 1. The lowest BCUT2D eigenvalue weighted by atomic mass is 10.00. The zero-order chi connectivity index (χ0) is 27.4. The number of hydrogen-bond donors (Lipinski definition) is 3. The molecule has 3 aromatic carbocycles. The molecular formula is C28H28ClF2N3O4. The van der Waals surface area contributed by atoms with Crippen LogP contribution >= 0.6 is 11.6 Å². The zero-order valence-electron chi connectivity index (χ0n) is 20.9. The first-order valence-electron chi connectivity index (χ1n) is 12.2. The smallest absolute Gasteiger partial charge is 0.408 e. The molecule has 0 radical (unpaired) electrons. The van der Waals surface area contributed by atoms with Crippen LogP contribution in [0.3, 0.4) is 0 Å². The molecule has 0 fully saturated rings. The van der Waals surface area contributed by atoms with E-state index in [9.17, 15) is 23.5 Å². The van der Waals surface area contributed by atoms with Crippen LogP contribution in [0.4, 0.5) is 8.78 Å². The second kappa shape index (κ2) is 11.9. The number of amides is 1. The van der Waals surface area contributed by atoms with Crippen molar-refractivity contribution in [1.82, 2.24) is 15.2 Å². The maximum atomic E-state index is 13.8. The third kappa shape index (κ3) is 6.48. The van der Waals surface area contributed by atoms with E-state index in [2.05, 4.69) is 23.6 Å². The number of benzene rings is 3. The Bertz CT molecular complexity index is 1500. The third-order valence-electron chi connectivity index (χ3n) is 6.37. The van der Waals surface area contributed by atoms with Crippen LogP contribution in [-0.2, 0) is 26.4 Å². The fraction of sp³-hybridized carbons (Fsp3) is 0.286. The van der Waals surface area contributed by atoms with Gasteiger partial charge in [-0.05, 0) is 47.7 Å². The SMILES string of the molecule is CCc1cccc(CNCC(O)C(Cc2cc(F)cc(F)c2)NC(=O)c2cc3c(cc2Cl)oc(=O)n3C)c1. The van der Waals surface area contributed by atoms with Crippen molar-refractivity contribution in [1.29, 1.82) is 0 Å². The van der Waals surface area contributed by atoms with E-state index < -0.39 is 35.4 Å². The first-order valence-corrected chi connectivity index (χ1v) is 12.5. The Morgan fingerprint density at radius 1 is 1.08 bits per heavy atom. The summed E-state index contributed by atoms with van der Waals surface area (Å²) in [7, 11) is 1.50. The minimum absolute atomic E-state index is 0.0430. The van der Waals surface area contributed by atoms with Gasteiger partial charge in [0.2, 0.25) is 0 Å². The molecule has 0 aliphatic heterocycles. The van der Waals surface area contributed by atoms with E-state index in [1.807, 2.05) is 18.2 Å². The van der Waals surface area contributed by atoms with Crippen LogP contribution in [0.1, 0.15) is 34.0 Å². The molecule has 1 aromatic heterocycles. The number of hydrogen-bond acceptors (Lipinski definition) is 5. The van der Waals surface area contributed by atoms with Crippen molar-refractivity contribution in [3.8, 4) is 0 Å². The zero-order valence-corrected chi connectivity index (χ0v) is 21.7. The number of nitrogens with one attached hydrogen (secondary N) is 2. The van der Waals surface area contributed by atoms with Gasteiger partial charge in [-0.2, -0.15) is 0 Å². The van der Waals surface area contributed by atoms with E-state index >= 15 is 0 Å². The molecule has 0 spiro atoms. The molecule has 4 aromatic rings. The highest BCUT2D eigenvalue weighted by Gasteiger charge is 2.25. The van der Waals surface area contributed by atoms with Crippen molar-refractivity contribution in [2.45, 2.75) is 38.5 Å². The summed E-state index contributed by atoms with van der Waals surface area (Å²) in [4.78, 5) is 25.1. The van der Waals surface area contributed by atoms with Crippen molar-refractivity contribution in [3.63, 3.8) is 0 Å².